The fourth-order valence-electron chi connectivity index (χ4n) is 2.87. The summed E-state index contributed by atoms with van der Waals surface area (Å²) in [7, 11) is 0. The van der Waals surface area contributed by atoms with E-state index < -0.39 is 0 Å². The molecule has 0 unspecified atom stereocenters. The molecule has 2 heterocycles. The van der Waals surface area contributed by atoms with Gasteiger partial charge in [-0.2, -0.15) is 0 Å². The zero-order valence-electron chi connectivity index (χ0n) is 14.3. The average Bonchev–Trinajstić information content (AvgIpc) is 2.54. The SMILES string of the molecule is CC(C)(C)NC(=O)N[C@H]1CCCc2nc(-c3cccnc3)ncc21. The molecule has 1 aliphatic rings. The van der Waals surface area contributed by atoms with E-state index in [-0.39, 0.29) is 17.6 Å². The number of carbonyl (C=O) groups is 1. The number of nitrogens with zero attached hydrogens (tertiary/aromatic N) is 3. The number of hydrogen-bond acceptors (Lipinski definition) is 4. The smallest absolute Gasteiger partial charge is 0.315 e. The molecule has 0 saturated heterocycles. The van der Waals surface area contributed by atoms with Gasteiger partial charge < -0.3 is 10.6 Å². The zero-order chi connectivity index (χ0) is 17.2. The van der Waals surface area contributed by atoms with Crippen LogP contribution in [0, 0.1) is 0 Å². The lowest BCUT2D eigenvalue weighted by atomic mass is 9.92. The van der Waals surface area contributed by atoms with E-state index in [0.29, 0.717) is 5.82 Å². The Bertz CT molecular complexity index is 724. The summed E-state index contributed by atoms with van der Waals surface area (Å²) in [6.07, 6.45) is 8.14. The molecule has 2 aromatic rings. The van der Waals surface area contributed by atoms with E-state index in [4.69, 9.17) is 4.98 Å². The summed E-state index contributed by atoms with van der Waals surface area (Å²) in [6, 6.07) is 3.62. The van der Waals surface area contributed by atoms with E-state index >= 15 is 0 Å². The third-order valence-electron chi connectivity index (χ3n) is 3.90. The van der Waals surface area contributed by atoms with Gasteiger partial charge in [0.1, 0.15) is 0 Å². The highest BCUT2D eigenvalue weighted by molar-refractivity contribution is 5.75. The minimum atomic E-state index is -0.262. The van der Waals surface area contributed by atoms with Crippen LogP contribution < -0.4 is 10.6 Å². The highest BCUT2D eigenvalue weighted by atomic mass is 16.2. The summed E-state index contributed by atoms with van der Waals surface area (Å²) in [5, 5.41) is 5.98. The summed E-state index contributed by atoms with van der Waals surface area (Å²) in [4.78, 5) is 25.4. The van der Waals surface area contributed by atoms with Gasteiger partial charge in [0, 0.05) is 41.0 Å². The number of rotatable bonds is 2. The molecular weight excluding hydrogens is 302 g/mol. The fourth-order valence-corrected chi connectivity index (χ4v) is 2.87. The van der Waals surface area contributed by atoms with Gasteiger partial charge in [0.2, 0.25) is 0 Å². The average molecular weight is 325 g/mol. The van der Waals surface area contributed by atoms with Crippen LogP contribution >= 0.6 is 0 Å². The highest BCUT2D eigenvalue weighted by Gasteiger charge is 2.25. The van der Waals surface area contributed by atoms with Gasteiger partial charge in [-0.25, -0.2) is 14.8 Å². The van der Waals surface area contributed by atoms with Crippen LogP contribution in [0.3, 0.4) is 0 Å². The van der Waals surface area contributed by atoms with Crippen LogP contribution in [0.25, 0.3) is 11.4 Å². The highest BCUT2D eigenvalue weighted by Crippen LogP contribution is 2.29. The molecule has 3 rings (SSSR count). The molecular formula is C18H23N5O. The number of nitrogens with one attached hydrogen (secondary N) is 2. The first-order valence-electron chi connectivity index (χ1n) is 8.27. The van der Waals surface area contributed by atoms with Gasteiger partial charge in [-0.05, 0) is 52.2 Å². The first kappa shape index (κ1) is 16.4. The number of pyridine rings is 1. The molecule has 24 heavy (non-hydrogen) atoms. The summed E-state index contributed by atoms with van der Waals surface area (Å²) in [5.41, 5.74) is 2.66. The molecule has 0 saturated carbocycles. The van der Waals surface area contributed by atoms with Crippen LogP contribution in [-0.4, -0.2) is 26.5 Å². The topological polar surface area (TPSA) is 79.8 Å². The summed E-state index contributed by atoms with van der Waals surface area (Å²) in [6.45, 7) is 5.89. The Morgan fingerprint density at radius 2 is 2.12 bits per heavy atom. The largest absolute Gasteiger partial charge is 0.334 e. The lowest BCUT2D eigenvalue weighted by molar-refractivity contribution is 0.226. The fraction of sp³-hybridized carbons (Fsp3) is 0.444. The van der Waals surface area contributed by atoms with Crippen LogP contribution in [0.1, 0.15) is 50.9 Å². The quantitative estimate of drug-likeness (QED) is 0.889. The molecule has 6 nitrogen and oxygen atoms in total. The molecule has 1 atom stereocenters. The zero-order valence-corrected chi connectivity index (χ0v) is 14.3. The maximum Gasteiger partial charge on any atom is 0.315 e. The second-order valence-corrected chi connectivity index (χ2v) is 7.13. The number of urea groups is 1. The minimum Gasteiger partial charge on any atom is -0.334 e. The van der Waals surface area contributed by atoms with Crippen LogP contribution in [-0.2, 0) is 6.42 Å². The van der Waals surface area contributed by atoms with Gasteiger partial charge in [0.05, 0.1) is 6.04 Å². The number of carbonyl (C=O) groups excluding carboxylic acids is 1. The van der Waals surface area contributed by atoms with Crippen LogP contribution in [0.4, 0.5) is 4.79 Å². The van der Waals surface area contributed by atoms with E-state index in [9.17, 15) is 4.79 Å². The first-order chi connectivity index (χ1) is 11.4. The number of aromatic nitrogens is 3. The number of aryl methyl sites for hydroxylation is 1. The van der Waals surface area contributed by atoms with Crippen LogP contribution in [0.15, 0.2) is 30.7 Å². The van der Waals surface area contributed by atoms with Gasteiger partial charge in [-0.15, -0.1) is 0 Å². The molecule has 6 heteroatoms. The second kappa shape index (κ2) is 6.55. The van der Waals surface area contributed by atoms with Gasteiger partial charge in [-0.1, -0.05) is 0 Å². The van der Waals surface area contributed by atoms with Crippen molar-refractivity contribution < 1.29 is 4.79 Å². The number of hydrogen-bond donors (Lipinski definition) is 2. The van der Waals surface area contributed by atoms with Crippen LogP contribution in [0.5, 0.6) is 0 Å². The Kier molecular flexibility index (Phi) is 4.46. The van der Waals surface area contributed by atoms with Crippen molar-refractivity contribution in [3.63, 3.8) is 0 Å². The summed E-state index contributed by atoms with van der Waals surface area (Å²) < 4.78 is 0. The van der Waals surface area contributed by atoms with Crippen molar-refractivity contribution in [2.75, 3.05) is 0 Å². The number of fused-ring (bicyclic) bond motifs is 1. The second-order valence-electron chi connectivity index (χ2n) is 7.13. The lowest BCUT2D eigenvalue weighted by Crippen LogP contribution is -2.47. The Balaban J connectivity index is 1.80. The molecule has 126 valence electrons. The molecule has 0 bridgehead atoms. The van der Waals surface area contributed by atoms with Crippen molar-refractivity contribution in [2.24, 2.45) is 0 Å². The molecule has 0 spiro atoms. The van der Waals surface area contributed by atoms with Crippen molar-refractivity contribution in [3.8, 4) is 11.4 Å². The van der Waals surface area contributed by atoms with Gasteiger partial charge in [-0.3, -0.25) is 4.98 Å². The normalized spacial score (nSPS) is 17.0. The summed E-state index contributed by atoms with van der Waals surface area (Å²) >= 11 is 0. The molecule has 0 aromatic carbocycles. The maximum atomic E-state index is 12.2. The van der Waals surface area contributed by atoms with E-state index in [0.717, 1.165) is 36.1 Å². The number of amides is 2. The van der Waals surface area contributed by atoms with Gasteiger partial charge >= 0.3 is 6.03 Å². The Hall–Kier alpha value is -2.50. The van der Waals surface area contributed by atoms with Crippen molar-refractivity contribution in [2.45, 2.75) is 51.6 Å². The van der Waals surface area contributed by atoms with E-state index in [1.54, 1.807) is 12.4 Å². The first-order valence-corrected chi connectivity index (χ1v) is 8.27. The predicted octanol–water partition coefficient (Wildman–Crippen LogP) is 3.01. The predicted molar refractivity (Wildman–Crippen MR) is 92.4 cm³/mol. The molecule has 0 radical (unpaired) electrons. The third-order valence-corrected chi connectivity index (χ3v) is 3.90. The van der Waals surface area contributed by atoms with E-state index in [2.05, 4.69) is 20.6 Å². The Morgan fingerprint density at radius 3 is 2.83 bits per heavy atom. The Labute approximate surface area is 142 Å². The lowest BCUT2D eigenvalue weighted by Gasteiger charge is -2.28. The van der Waals surface area contributed by atoms with Gasteiger partial charge in [0.25, 0.3) is 0 Å². The summed E-state index contributed by atoms with van der Waals surface area (Å²) in [5.74, 6) is 0.682. The van der Waals surface area contributed by atoms with E-state index in [1.807, 2.05) is 39.1 Å². The standard InChI is InChI=1S/C18H23N5O/c1-18(2,3)23-17(24)22-15-8-4-7-14-13(15)11-20-16(21-14)12-6-5-9-19-10-12/h5-6,9-11,15H,4,7-8H2,1-3H3,(H2,22,23,24)/t15-/m0/s1. The van der Waals surface area contributed by atoms with Crippen molar-refractivity contribution in [1.29, 1.82) is 0 Å². The molecule has 1 aliphatic carbocycles. The van der Waals surface area contributed by atoms with Crippen molar-refractivity contribution in [3.05, 3.63) is 42.0 Å². The van der Waals surface area contributed by atoms with Crippen molar-refractivity contribution >= 4 is 6.03 Å². The molecule has 0 fully saturated rings. The Morgan fingerprint density at radius 1 is 1.29 bits per heavy atom. The van der Waals surface area contributed by atoms with Gasteiger partial charge in [0.15, 0.2) is 5.82 Å². The van der Waals surface area contributed by atoms with Crippen molar-refractivity contribution in [1.82, 2.24) is 25.6 Å². The third kappa shape index (κ3) is 3.88. The van der Waals surface area contributed by atoms with Crippen LogP contribution in [0.2, 0.25) is 0 Å². The van der Waals surface area contributed by atoms with E-state index in [1.165, 1.54) is 0 Å². The molecule has 2 N–H and O–H groups in total. The minimum absolute atomic E-state index is 0.0425. The molecule has 2 amide bonds. The maximum absolute atomic E-state index is 12.2. The molecule has 0 aliphatic heterocycles. The monoisotopic (exact) mass is 325 g/mol. The molecule has 2 aromatic heterocycles.